The predicted octanol–water partition coefficient (Wildman–Crippen LogP) is 2.16. The molecular weight excluding hydrogens is 288 g/mol. The van der Waals surface area contributed by atoms with Gasteiger partial charge in [-0.3, -0.25) is 9.36 Å². The Labute approximate surface area is 125 Å². The van der Waals surface area contributed by atoms with Crippen LogP contribution in [0.3, 0.4) is 0 Å². The average Bonchev–Trinajstić information content (AvgIpc) is 2.52. The first-order chi connectivity index (χ1) is 10.6. The van der Waals surface area contributed by atoms with Gasteiger partial charge in [-0.05, 0) is 29.8 Å². The summed E-state index contributed by atoms with van der Waals surface area (Å²) in [5.74, 6) is 0.697. The van der Waals surface area contributed by atoms with Crippen LogP contribution in [0.25, 0.3) is 6.08 Å². The summed E-state index contributed by atoms with van der Waals surface area (Å²) in [5.41, 5.74) is 1.06. The fourth-order valence-electron chi connectivity index (χ4n) is 2.19. The number of aromatic nitrogens is 1. The summed E-state index contributed by atoms with van der Waals surface area (Å²) in [6, 6.07) is 10.4. The molecule has 7 nitrogen and oxygen atoms in total. The predicted molar refractivity (Wildman–Crippen MR) is 77.6 cm³/mol. The molecule has 2 aromatic rings. The first-order valence-electron chi connectivity index (χ1n) is 6.56. The maximum atomic E-state index is 12.1. The standard InChI is InChI=1S/C15H12N2O5/c18-14-9-11(10-21-17(19)20)7-8-16(14)15-6-5-12-3-1-2-4-13(12)22-15/h1-9,15H,10H2. The highest BCUT2D eigenvalue weighted by Crippen LogP contribution is 2.28. The minimum Gasteiger partial charge on any atom is -0.466 e. The summed E-state index contributed by atoms with van der Waals surface area (Å²) >= 11 is 0. The Kier molecular flexibility index (Phi) is 3.61. The zero-order valence-electron chi connectivity index (χ0n) is 11.4. The largest absolute Gasteiger partial charge is 0.466 e. The SMILES string of the molecule is O=c1cc(CO[N+](=O)[O-])ccn1C1C=Cc2ccccc2O1. The second kappa shape index (κ2) is 5.72. The molecule has 1 aromatic heterocycles. The Hall–Kier alpha value is -3.09. The zero-order valence-corrected chi connectivity index (χ0v) is 11.4. The Morgan fingerprint density at radius 3 is 2.91 bits per heavy atom. The highest BCUT2D eigenvalue weighted by molar-refractivity contribution is 5.59. The maximum Gasteiger partial charge on any atom is 0.294 e. The third-order valence-electron chi connectivity index (χ3n) is 3.23. The first kappa shape index (κ1) is 13.9. The van der Waals surface area contributed by atoms with Crippen LogP contribution in [-0.2, 0) is 11.4 Å². The zero-order chi connectivity index (χ0) is 15.5. The Balaban J connectivity index is 1.82. The summed E-state index contributed by atoms with van der Waals surface area (Å²) in [5, 5.41) is 9.27. The number of hydrogen-bond donors (Lipinski definition) is 0. The highest BCUT2D eigenvalue weighted by Gasteiger charge is 2.16. The van der Waals surface area contributed by atoms with Crippen molar-refractivity contribution in [2.24, 2.45) is 0 Å². The number of rotatable bonds is 4. The lowest BCUT2D eigenvalue weighted by molar-refractivity contribution is -0.763. The van der Waals surface area contributed by atoms with Crippen LogP contribution >= 0.6 is 0 Å². The molecule has 1 atom stereocenters. The fourth-order valence-corrected chi connectivity index (χ4v) is 2.19. The van der Waals surface area contributed by atoms with E-state index in [1.807, 2.05) is 30.3 Å². The Bertz CT molecular complexity index is 797. The van der Waals surface area contributed by atoms with Crippen molar-refractivity contribution < 1.29 is 14.7 Å². The number of nitrogens with zero attached hydrogens (tertiary/aromatic N) is 2. The lowest BCUT2D eigenvalue weighted by Gasteiger charge is -2.23. The Morgan fingerprint density at radius 2 is 2.14 bits per heavy atom. The highest BCUT2D eigenvalue weighted by atomic mass is 16.9. The number of fused-ring (bicyclic) bond motifs is 1. The van der Waals surface area contributed by atoms with Crippen LogP contribution in [0.5, 0.6) is 5.75 Å². The smallest absolute Gasteiger partial charge is 0.294 e. The van der Waals surface area contributed by atoms with E-state index >= 15 is 0 Å². The van der Waals surface area contributed by atoms with E-state index in [0.717, 1.165) is 5.56 Å². The molecule has 7 heteroatoms. The van der Waals surface area contributed by atoms with Gasteiger partial charge in [-0.25, -0.2) is 0 Å². The van der Waals surface area contributed by atoms with Gasteiger partial charge in [0, 0.05) is 17.8 Å². The molecule has 112 valence electrons. The van der Waals surface area contributed by atoms with Gasteiger partial charge in [-0.2, -0.15) is 0 Å². The van der Waals surface area contributed by atoms with Crippen molar-refractivity contribution in [1.29, 1.82) is 0 Å². The van der Waals surface area contributed by atoms with Gasteiger partial charge in [0.1, 0.15) is 12.4 Å². The quantitative estimate of drug-likeness (QED) is 0.638. The second-order valence-corrected chi connectivity index (χ2v) is 4.68. The van der Waals surface area contributed by atoms with Gasteiger partial charge in [0.25, 0.3) is 10.6 Å². The molecule has 0 amide bonds. The van der Waals surface area contributed by atoms with E-state index in [2.05, 4.69) is 4.84 Å². The van der Waals surface area contributed by atoms with Crippen molar-refractivity contribution in [2.45, 2.75) is 12.8 Å². The van der Waals surface area contributed by atoms with Crippen molar-refractivity contribution in [1.82, 2.24) is 4.57 Å². The van der Waals surface area contributed by atoms with E-state index in [-0.39, 0.29) is 12.2 Å². The van der Waals surface area contributed by atoms with Gasteiger partial charge in [-0.1, -0.05) is 18.2 Å². The van der Waals surface area contributed by atoms with Crippen LogP contribution in [0.15, 0.2) is 53.5 Å². The van der Waals surface area contributed by atoms with Gasteiger partial charge >= 0.3 is 0 Å². The Morgan fingerprint density at radius 1 is 1.32 bits per heavy atom. The van der Waals surface area contributed by atoms with Crippen molar-refractivity contribution in [3.63, 3.8) is 0 Å². The number of benzene rings is 1. The van der Waals surface area contributed by atoms with E-state index in [9.17, 15) is 14.9 Å². The topological polar surface area (TPSA) is 83.6 Å². The molecule has 0 radical (unpaired) electrons. The van der Waals surface area contributed by atoms with Crippen molar-refractivity contribution >= 4 is 6.08 Å². The van der Waals surface area contributed by atoms with E-state index in [0.29, 0.717) is 11.3 Å². The van der Waals surface area contributed by atoms with Crippen LogP contribution in [0.4, 0.5) is 0 Å². The minimum atomic E-state index is -0.893. The molecule has 1 aliphatic rings. The van der Waals surface area contributed by atoms with E-state index in [1.165, 1.54) is 16.8 Å². The molecule has 22 heavy (non-hydrogen) atoms. The van der Waals surface area contributed by atoms with Crippen molar-refractivity contribution in [3.8, 4) is 5.75 Å². The van der Waals surface area contributed by atoms with E-state index in [1.54, 1.807) is 12.1 Å². The summed E-state index contributed by atoms with van der Waals surface area (Å²) in [4.78, 5) is 26.5. The van der Waals surface area contributed by atoms with E-state index in [4.69, 9.17) is 4.74 Å². The normalized spacial score (nSPS) is 15.7. The second-order valence-electron chi connectivity index (χ2n) is 4.68. The number of para-hydroxylation sites is 1. The van der Waals surface area contributed by atoms with Crippen molar-refractivity contribution in [3.05, 3.63) is 80.3 Å². The molecule has 2 heterocycles. The number of hydrogen-bond acceptors (Lipinski definition) is 5. The summed E-state index contributed by atoms with van der Waals surface area (Å²) in [6.45, 7) is -0.257. The van der Waals surface area contributed by atoms with Gasteiger partial charge in [0.2, 0.25) is 0 Å². The number of pyridine rings is 1. The third kappa shape index (κ3) is 2.83. The molecule has 0 fully saturated rings. The van der Waals surface area contributed by atoms with Gasteiger partial charge < -0.3 is 9.57 Å². The maximum absolute atomic E-state index is 12.1. The minimum absolute atomic E-state index is 0.257. The first-order valence-corrected chi connectivity index (χ1v) is 6.56. The van der Waals surface area contributed by atoms with Gasteiger partial charge in [0.15, 0.2) is 6.23 Å². The molecule has 1 aliphatic heterocycles. The molecule has 0 bridgehead atoms. The van der Waals surface area contributed by atoms with Crippen LogP contribution < -0.4 is 10.3 Å². The molecule has 1 unspecified atom stereocenters. The average molecular weight is 300 g/mol. The third-order valence-corrected chi connectivity index (χ3v) is 3.23. The molecule has 0 spiro atoms. The molecule has 1 aromatic carbocycles. The van der Waals surface area contributed by atoms with E-state index < -0.39 is 11.3 Å². The van der Waals surface area contributed by atoms with Crippen LogP contribution in [0.2, 0.25) is 0 Å². The molecule has 3 rings (SSSR count). The monoisotopic (exact) mass is 300 g/mol. The molecule has 0 saturated heterocycles. The summed E-state index contributed by atoms with van der Waals surface area (Å²) in [7, 11) is 0. The lowest BCUT2D eigenvalue weighted by atomic mass is 10.1. The lowest BCUT2D eigenvalue weighted by Crippen LogP contribution is -2.27. The number of ether oxygens (including phenoxy) is 1. The van der Waals surface area contributed by atoms with Crippen LogP contribution in [0, 0.1) is 10.1 Å². The summed E-state index contributed by atoms with van der Waals surface area (Å²) < 4.78 is 7.18. The molecular formula is C15H12N2O5. The van der Waals surface area contributed by atoms with Crippen molar-refractivity contribution in [2.75, 3.05) is 0 Å². The van der Waals surface area contributed by atoms with Crippen LogP contribution in [-0.4, -0.2) is 9.65 Å². The molecule has 0 aliphatic carbocycles. The van der Waals surface area contributed by atoms with Gasteiger partial charge in [-0.15, -0.1) is 10.1 Å². The summed E-state index contributed by atoms with van der Waals surface area (Å²) in [6.07, 6.45) is 4.65. The molecule has 0 N–H and O–H groups in total. The fraction of sp³-hybridized carbons (Fsp3) is 0.133. The van der Waals surface area contributed by atoms with Gasteiger partial charge in [0.05, 0.1) is 0 Å². The molecule has 0 saturated carbocycles. The van der Waals surface area contributed by atoms with Crippen LogP contribution in [0.1, 0.15) is 17.4 Å².